The standard InChI is InChI=1S/C10H12Cl3NO3.C3H5Cl3.C3H7NO/c1-17-7-5-9(16)14(6-7)8(15)3-2-4-10(11,12)13;1-2-3(4,5)6;1-2-3(4)5/h5H,2-4,6H2,1H3;2H2,1H3;2H2,1H3,(H2,4,5). The highest BCUT2D eigenvalue weighted by molar-refractivity contribution is 6.67. The van der Waals surface area contributed by atoms with Gasteiger partial charge in [-0.3, -0.25) is 19.3 Å². The van der Waals surface area contributed by atoms with Crippen LogP contribution in [0.1, 0.15) is 46.0 Å². The maximum Gasteiger partial charge on any atom is 0.257 e. The van der Waals surface area contributed by atoms with Crippen LogP contribution in [0.4, 0.5) is 0 Å². The van der Waals surface area contributed by atoms with E-state index in [1.165, 1.54) is 13.2 Å². The Labute approximate surface area is 195 Å². The molecule has 0 atom stereocenters. The Bertz CT molecular complexity index is 544. The highest BCUT2D eigenvalue weighted by Gasteiger charge is 2.28. The van der Waals surface area contributed by atoms with Crippen molar-refractivity contribution in [2.75, 3.05) is 13.7 Å². The Balaban J connectivity index is 0. The van der Waals surface area contributed by atoms with Gasteiger partial charge in [0.1, 0.15) is 5.76 Å². The molecule has 1 heterocycles. The maximum absolute atomic E-state index is 11.7. The third kappa shape index (κ3) is 18.0. The van der Waals surface area contributed by atoms with Gasteiger partial charge in [0.05, 0.1) is 13.7 Å². The Morgan fingerprint density at radius 3 is 1.89 bits per heavy atom. The first-order valence-corrected chi connectivity index (χ1v) is 10.4. The van der Waals surface area contributed by atoms with Crippen molar-refractivity contribution in [2.24, 2.45) is 5.73 Å². The first-order chi connectivity index (χ1) is 12.7. The molecule has 164 valence electrons. The van der Waals surface area contributed by atoms with E-state index in [1.54, 1.807) is 6.92 Å². The van der Waals surface area contributed by atoms with Crippen LogP contribution in [0.15, 0.2) is 11.8 Å². The summed E-state index contributed by atoms with van der Waals surface area (Å²) in [6.07, 6.45) is 3.17. The number of alkyl halides is 6. The van der Waals surface area contributed by atoms with Gasteiger partial charge in [-0.25, -0.2) is 0 Å². The number of amides is 3. The summed E-state index contributed by atoms with van der Waals surface area (Å²) in [6.45, 7) is 3.72. The third-order valence-electron chi connectivity index (χ3n) is 3.03. The number of halogens is 6. The lowest BCUT2D eigenvalue weighted by molar-refractivity contribution is -0.140. The molecule has 28 heavy (non-hydrogen) atoms. The second-order valence-electron chi connectivity index (χ2n) is 5.39. The number of imide groups is 1. The van der Waals surface area contributed by atoms with Crippen molar-refractivity contribution in [2.45, 2.75) is 53.5 Å². The van der Waals surface area contributed by atoms with E-state index in [4.69, 9.17) is 74.3 Å². The van der Waals surface area contributed by atoms with Crippen LogP contribution >= 0.6 is 69.6 Å². The normalized spacial score (nSPS) is 13.7. The van der Waals surface area contributed by atoms with Crippen LogP contribution < -0.4 is 5.73 Å². The van der Waals surface area contributed by atoms with E-state index in [9.17, 15) is 14.4 Å². The maximum atomic E-state index is 11.7. The number of ether oxygens (including phenoxy) is 1. The number of nitrogens with zero attached hydrogens (tertiary/aromatic N) is 1. The van der Waals surface area contributed by atoms with Gasteiger partial charge in [-0.05, 0) is 19.3 Å². The number of methoxy groups -OCH3 is 1. The van der Waals surface area contributed by atoms with Gasteiger partial charge < -0.3 is 10.5 Å². The quantitative estimate of drug-likeness (QED) is 0.512. The smallest absolute Gasteiger partial charge is 0.257 e. The highest BCUT2D eigenvalue weighted by atomic mass is 35.6. The zero-order valence-corrected chi connectivity index (χ0v) is 20.3. The van der Waals surface area contributed by atoms with Crippen molar-refractivity contribution in [3.8, 4) is 0 Å². The summed E-state index contributed by atoms with van der Waals surface area (Å²) in [6, 6.07) is 0. The minimum absolute atomic E-state index is 0.171. The molecule has 0 radical (unpaired) electrons. The summed E-state index contributed by atoms with van der Waals surface area (Å²) in [7, 11) is 1.45. The minimum Gasteiger partial charge on any atom is -0.499 e. The molecule has 0 fully saturated rings. The molecule has 0 unspecified atom stereocenters. The first kappa shape index (κ1) is 30.1. The van der Waals surface area contributed by atoms with Gasteiger partial charge in [0.25, 0.3) is 5.91 Å². The second kappa shape index (κ2) is 14.8. The van der Waals surface area contributed by atoms with Gasteiger partial charge in [-0.15, -0.1) is 0 Å². The van der Waals surface area contributed by atoms with Gasteiger partial charge >= 0.3 is 0 Å². The number of rotatable bonds is 5. The van der Waals surface area contributed by atoms with Crippen molar-refractivity contribution in [3.63, 3.8) is 0 Å². The van der Waals surface area contributed by atoms with Gasteiger partial charge in [0.15, 0.2) is 7.59 Å². The lowest BCUT2D eigenvalue weighted by atomic mass is 10.2. The Hall–Kier alpha value is -0.110. The topological polar surface area (TPSA) is 89.7 Å². The van der Waals surface area contributed by atoms with Gasteiger partial charge in [-0.2, -0.15) is 0 Å². The predicted molar refractivity (Wildman–Crippen MR) is 116 cm³/mol. The van der Waals surface area contributed by atoms with Crippen molar-refractivity contribution >= 4 is 87.3 Å². The highest BCUT2D eigenvalue weighted by Crippen LogP contribution is 2.32. The summed E-state index contributed by atoms with van der Waals surface area (Å²) < 4.78 is 2.51. The van der Waals surface area contributed by atoms with Crippen molar-refractivity contribution in [1.82, 2.24) is 4.90 Å². The average Bonchev–Trinajstić information content (AvgIpc) is 2.95. The lowest BCUT2D eigenvalue weighted by Crippen LogP contribution is -2.33. The summed E-state index contributed by atoms with van der Waals surface area (Å²) in [4.78, 5) is 33.8. The molecular formula is C16H24Cl6N2O4. The molecule has 0 aromatic carbocycles. The van der Waals surface area contributed by atoms with E-state index in [2.05, 4.69) is 5.73 Å². The third-order valence-corrected chi connectivity index (χ3v) is 4.40. The molecule has 0 saturated heterocycles. The number of hydrogen-bond donors (Lipinski definition) is 1. The number of primary amides is 1. The number of carbonyl (C=O) groups is 3. The largest absolute Gasteiger partial charge is 0.499 e. The summed E-state index contributed by atoms with van der Waals surface area (Å²) in [5, 5.41) is 0. The zero-order valence-electron chi connectivity index (χ0n) is 15.7. The molecule has 6 nitrogen and oxygen atoms in total. The molecule has 0 aliphatic carbocycles. The molecule has 1 aliphatic rings. The zero-order chi connectivity index (χ0) is 22.5. The van der Waals surface area contributed by atoms with Gasteiger partial charge in [0, 0.05) is 18.9 Å². The SMILES string of the molecule is CCC(Cl)(Cl)Cl.CCC(N)=O.COC1=CC(=O)N(C(=O)CCCC(Cl)(Cl)Cl)C1. The molecule has 3 amide bonds. The second-order valence-corrected chi connectivity index (χ2v) is 10.4. The molecule has 0 saturated carbocycles. The fraction of sp³-hybridized carbons (Fsp3) is 0.688. The summed E-state index contributed by atoms with van der Waals surface area (Å²) in [5.74, 6) is -0.414. The molecule has 0 aromatic rings. The minimum atomic E-state index is -1.36. The van der Waals surface area contributed by atoms with Crippen molar-refractivity contribution < 1.29 is 19.1 Å². The fourth-order valence-corrected chi connectivity index (χ4v) is 1.81. The van der Waals surface area contributed by atoms with Crippen LogP contribution in [0.3, 0.4) is 0 Å². The van der Waals surface area contributed by atoms with Gasteiger partial charge in [-0.1, -0.05) is 83.5 Å². The molecule has 0 bridgehead atoms. The predicted octanol–water partition coefficient (Wildman–Crippen LogP) is 5.07. The monoisotopic (exact) mass is 518 g/mol. The van der Waals surface area contributed by atoms with Crippen molar-refractivity contribution in [3.05, 3.63) is 11.8 Å². The van der Waals surface area contributed by atoms with E-state index in [1.807, 2.05) is 6.92 Å². The van der Waals surface area contributed by atoms with E-state index in [-0.39, 0.29) is 37.1 Å². The molecule has 2 N–H and O–H groups in total. The number of carbonyl (C=O) groups excluding carboxylic acids is 3. The summed E-state index contributed by atoms with van der Waals surface area (Å²) >= 11 is 32.4. The van der Waals surface area contributed by atoms with Crippen molar-refractivity contribution in [1.29, 1.82) is 0 Å². The average molecular weight is 521 g/mol. The molecule has 0 spiro atoms. The Morgan fingerprint density at radius 1 is 1.14 bits per heavy atom. The first-order valence-electron chi connectivity index (χ1n) is 8.17. The van der Waals surface area contributed by atoms with E-state index in [0.717, 1.165) is 4.90 Å². The van der Waals surface area contributed by atoms with Gasteiger partial charge in [0.2, 0.25) is 11.8 Å². The molecule has 1 aliphatic heterocycles. The molecule has 1 rings (SSSR count). The Kier molecular flexibility index (Phi) is 15.9. The van der Waals surface area contributed by atoms with E-state index in [0.29, 0.717) is 25.0 Å². The van der Waals surface area contributed by atoms with Crippen LogP contribution in [0.2, 0.25) is 0 Å². The molecule has 12 heteroatoms. The fourth-order valence-electron chi connectivity index (χ4n) is 1.40. The molecular weight excluding hydrogens is 497 g/mol. The number of hydrogen-bond acceptors (Lipinski definition) is 4. The lowest BCUT2D eigenvalue weighted by Gasteiger charge is -2.15. The van der Waals surface area contributed by atoms with E-state index < -0.39 is 7.59 Å². The number of nitrogens with two attached hydrogens (primary N) is 1. The van der Waals surface area contributed by atoms with Crippen LogP contribution in [-0.2, 0) is 19.1 Å². The summed E-state index contributed by atoms with van der Waals surface area (Å²) in [5.41, 5.74) is 4.65. The Morgan fingerprint density at radius 2 is 1.61 bits per heavy atom. The van der Waals surface area contributed by atoms with Crippen LogP contribution in [0.25, 0.3) is 0 Å². The van der Waals surface area contributed by atoms with E-state index >= 15 is 0 Å². The van der Waals surface area contributed by atoms with Crippen LogP contribution in [0.5, 0.6) is 0 Å². The van der Waals surface area contributed by atoms with Crippen LogP contribution in [-0.4, -0.2) is 43.9 Å². The molecule has 0 aromatic heterocycles. The van der Waals surface area contributed by atoms with Crippen LogP contribution in [0, 0.1) is 0 Å².